The Labute approximate surface area is 243 Å². The van der Waals surface area contributed by atoms with E-state index in [-0.39, 0.29) is 10.6 Å². The van der Waals surface area contributed by atoms with Crippen molar-refractivity contribution in [3.05, 3.63) is 105 Å². The van der Waals surface area contributed by atoms with Crippen LogP contribution in [-0.2, 0) is 14.8 Å². The quantitative estimate of drug-likeness (QED) is 0.187. The molecule has 0 fully saturated rings. The van der Waals surface area contributed by atoms with E-state index in [1.54, 1.807) is 54.6 Å². The van der Waals surface area contributed by atoms with E-state index in [0.717, 1.165) is 32.5 Å². The van der Waals surface area contributed by atoms with E-state index in [2.05, 4.69) is 10.5 Å². The third kappa shape index (κ3) is 6.33. The lowest BCUT2D eigenvalue weighted by Gasteiger charge is -2.25. The van der Waals surface area contributed by atoms with Gasteiger partial charge in [-0.15, -0.1) is 0 Å². The van der Waals surface area contributed by atoms with Gasteiger partial charge in [-0.3, -0.25) is 9.10 Å². The average molecular weight is 600 g/mol. The number of ether oxygens (including phenoxy) is 1. The topological polar surface area (TPSA) is 93.0 Å². The minimum atomic E-state index is -4.11. The number of carbonyl (C=O) groups excluding carboxylic acids is 1. The summed E-state index contributed by atoms with van der Waals surface area (Å²) in [5.74, 6) is -0.315. The second-order valence-electron chi connectivity index (χ2n) is 9.08. The minimum absolute atomic E-state index is 0.0448. The summed E-state index contributed by atoms with van der Waals surface area (Å²) in [6.45, 7) is 5.14. The number of benzene rings is 3. The Morgan fingerprint density at radius 3 is 2.33 bits per heavy atom. The summed E-state index contributed by atoms with van der Waals surface area (Å²) in [6.07, 6.45) is 1.51. The summed E-state index contributed by atoms with van der Waals surface area (Å²) in [4.78, 5) is 13.1. The first-order valence-corrected chi connectivity index (χ1v) is 14.4. The van der Waals surface area contributed by atoms with Gasteiger partial charge in [0, 0.05) is 32.7 Å². The maximum atomic E-state index is 13.6. The summed E-state index contributed by atoms with van der Waals surface area (Å²) in [7, 11) is -2.66. The SMILES string of the molecule is COc1ccc(C)cc1N(CC(=O)N/N=C/c1cc(C)n(-c2cc(Cl)cc(Cl)c2)c1C)S(=O)(=O)c1ccccc1. The van der Waals surface area contributed by atoms with Gasteiger partial charge in [0.1, 0.15) is 12.3 Å². The first-order valence-electron chi connectivity index (χ1n) is 12.2. The molecule has 1 amide bonds. The Morgan fingerprint density at radius 1 is 1.00 bits per heavy atom. The van der Waals surface area contributed by atoms with Crippen molar-refractivity contribution in [3.63, 3.8) is 0 Å². The second-order valence-corrected chi connectivity index (χ2v) is 11.8. The smallest absolute Gasteiger partial charge is 0.264 e. The van der Waals surface area contributed by atoms with Gasteiger partial charge in [-0.2, -0.15) is 5.10 Å². The molecule has 1 heterocycles. The number of hydrogen-bond donors (Lipinski definition) is 1. The Kier molecular flexibility index (Phi) is 8.88. The summed E-state index contributed by atoms with van der Waals surface area (Å²) < 4.78 is 35.7. The van der Waals surface area contributed by atoms with Crippen LogP contribution in [0.4, 0.5) is 5.69 Å². The van der Waals surface area contributed by atoms with Crippen molar-refractivity contribution in [1.82, 2.24) is 9.99 Å². The van der Waals surface area contributed by atoms with Gasteiger partial charge in [-0.25, -0.2) is 13.8 Å². The van der Waals surface area contributed by atoms with Crippen LogP contribution in [0.25, 0.3) is 5.69 Å². The molecular formula is C29H28Cl2N4O4S. The molecule has 1 N–H and O–H groups in total. The van der Waals surface area contributed by atoms with Crippen molar-refractivity contribution in [1.29, 1.82) is 0 Å². The van der Waals surface area contributed by atoms with E-state index < -0.39 is 22.5 Å². The molecule has 208 valence electrons. The van der Waals surface area contributed by atoms with Gasteiger partial charge in [0.25, 0.3) is 15.9 Å². The average Bonchev–Trinajstić information content (AvgIpc) is 3.19. The molecule has 0 saturated carbocycles. The van der Waals surface area contributed by atoms with E-state index in [9.17, 15) is 13.2 Å². The van der Waals surface area contributed by atoms with Crippen molar-refractivity contribution in [2.24, 2.45) is 5.10 Å². The predicted octanol–water partition coefficient (Wildman–Crippen LogP) is 6.06. The first kappa shape index (κ1) is 29.2. The number of aromatic nitrogens is 1. The van der Waals surface area contributed by atoms with E-state index in [1.807, 2.05) is 31.4 Å². The van der Waals surface area contributed by atoms with Crippen LogP contribution in [0.3, 0.4) is 0 Å². The molecule has 0 bridgehead atoms. The number of hydrogen-bond acceptors (Lipinski definition) is 5. The molecule has 0 aliphatic carbocycles. The number of aryl methyl sites for hydroxylation is 2. The Hall–Kier alpha value is -3.79. The first-order chi connectivity index (χ1) is 19.0. The van der Waals surface area contributed by atoms with Crippen molar-refractivity contribution in [2.75, 3.05) is 18.0 Å². The van der Waals surface area contributed by atoms with Gasteiger partial charge < -0.3 is 9.30 Å². The van der Waals surface area contributed by atoms with Crippen LogP contribution in [-0.4, -0.2) is 38.8 Å². The monoisotopic (exact) mass is 598 g/mol. The van der Waals surface area contributed by atoms with Gasteiger partial charge in [0.15, 0.2) is 0 Å². The fourth-order valence-corrected chi connectivity index (χ4v) is 6.30. The van der Waals surface area contributed by atoms with E-state index >= 15 is 0 Å². The highest BCUT2D eigenvalue weighted by atomic mass is 35.5. The van der Waals surface area contributed by atoms with Crippen molar-refractivity contribution in [2.45, 2.75) is 25.7 Å². The third-order valence-electron chi connectivity index (χ3n) is 6.19. The molecule has 0 atom stereocenters. The Morgan fingerprint density at radius 2 is 1.68 bits per heavy atom. The molecule has 1 aromatic heterocycles. The van der Waals surface area contributed by atoms with Crippen LogP contribution < -0.4 is 14.5 Å². The maximum absolute atomic E-state index is 13.6. The molecule has 0 aliphatic heterocycles. The van der Waals surface area contributed by atoms with Crippen LogP contribution in [0.15, 0.2) is 82.8 Å². The van der Waals surface area contributed by atoms with Crippen molar-refractivity contribution in [3.8, 4) is 11.4 Å². The molecule has 0 saturated heterocycles. The molecule has 11 heteroatoms. The zero-order chi connectivity index (χ0) is 29.0. The van der Waals surface area contributed by atoms with Crippen LogP contribution in [0.2, 0.25) is 10.0 Å². The van der Waals surface area contributed by atoms with Crippen LogP contribution in [0.5, 0.6) is 5.75 Å². The summed E-state index contributed by atoms with van der Waals surface area (Å²) in [5, 5.41) is 5.13. The zero-order valence-electron chi connectivity index (χ0n) is 22.4. The lowest BCUT2D eigenvalue weighted by Crippen LogP contribution is -2.39. The summed E-state index contributed by atoms with van der Waals surface area (Å²) >= 11 is 12.4. The minimum Gasteiger partial charge on any atom is -0.495 e. The highest BCUT2D eigenvalue weighted by molar-refractivity contribution is 7.92. The van der Waals surface area contributed by atoms with Crippen LogP contribution in [0.1, 0.15) is 22.5 Å². The van der Waals surface area contributed by atoms with Crippen molar-refractivity contribution >= 4 is 51.0 Å². The fourth-order valence-electron chi connectivity index (χ4n) is 4.34. The van der Waals surface area contributed by atoms with Gasteiger partial charge >= 0.3 is 0 Å². The molecule has 3 aromatic carbocycles. The van der Waals surface area contributed by atoms with Crippen LogP contribution >= 0.6 is 23.2 Å². The normalized spacial score (nSPS) is 11.6. The number of sulfonamides is 1. The Bertz CT molecular complexity index is 1670. The fraction of sp³-hybridized carbons (Fsp3) is 0.172. The molecule has 8 nitrogen and oxygen atoms in total. The molecule has 0 unspecified atom stereocenters. The molecular weight excluding hydrogens is 571 g/mol. The number of nitrogens with zero attached hydrogens (tertiary/aromatic N) is 3. The molecule has 4 aromatic rings. The number of anilines is 1. The van der Waals surface area contributed by atoms with Gasteiger partial charge in [-0.1, -0.05) is 47.5 Å². The third-order valence-corrected chi connectivity index (χ3v) is 8.40. The number of methoxy groups -OCH3 is 1. The zero-order valence-corrected chi connectivity index (χ0v) is 24.7. The standard InChI is InChI=1S/C29H28Cl2N4O4S/c1-19-10-11-28(39-4)27(12-19)34(40(37,38)26-8-6-5-7-9-26)18-29(36)33-32-17-22-13-20(2)35(21(22)3)25-15-23(30)14-24(31)16-25/h5-17H,18H2,1-4H3,(H,33,36)/b32-17+. The summed E-state index contributed by atoms with van der Waals surface area (Å²) in [5.41, 5.74) is 6.82. The van der Waals surface area contributed by atoms with Gasteiger partial charge in [0.2, 0.25) is 0 Å². The lowest BCUT2D eigenvalue weighted by molar-refractivity contribution is -0.119. The van der Waals surface area contributed by atoms with Crippen molar-refractivity contribution < 1.29 is 17.9 Å². The molecule has 4 rings (SSSR count). The van der Waals surface area contributed by atoms with E-state index in [4.69, 9.17) is 27.9 Å². The van der Waals surface area contributed by atoms with Crippen LogP contribution in [0, 0.1) is 20.8 Å². The highest BCUT2D eigenvalue weighted by Crippen LogP contribution is 2.33. The number of hydrazone groups is 1. The van der Waals surface area contributed by atoms with E-state index in [1.165, 1.54) is 25.5 Å². The highest BCUT2D eigenvalue weighted by Gasteiger charge is 2.29. The van der Waals surface area contributed by atoms with E-state index in [0.29, 0.717) is 15.8 Å². The molecule has 0 spiro atoms. The lowest BCUT2D eigenvalue weighted by atomic mass is 10.2. The molecule has 40 heavy (non-hydrogen) atoms. The number of halogens is 2. The van der Waals surface area contributed by atoms with Gasteiger partial charge in [-0.05, 0) is 74.9 Å². The predicted molar refractivity (Wildman–Crippen MR) is 160 cm³/mol. The number of rotatable bonds is 9. The maximum Gasteiger partial charge on any atom is 0.264 e. The largest absolute Gasteiger partial charge is 0.495 e. The Balaban J connectivity index is 1.60. The number of carbonyl (C=O) groups is 1. The summed E-state index contributed by atoms with van der Waals surface area (Å²) in [6, 6.07) is 20.2. The van der Waals surface area contributed by atoms with Gasteiger partial charge in [0.05, 0.1) is 23.9 Å². The molecule has 0 radical (unpaired) electrons. The number of amides is 1. The molecule has 0 aliphatic rings. The second kappa shape index (κ2) is 12.2. The number of nitrogens with one attached hydrogen (secondary N) is 1.